The molecule has 1 aliphatic rings. The number of carbonyl (C=O) groups is 1. The molecular weight excluding hydrogens is 310 g/mol. The molecule has 3 heteroatoms. The number of hydrogen-bond acceptors (Lipinski definition) is 2. The van der Waals surface area contributed by atoms with Gasteiger partial charge in [-0.05, 0) is 30.5 Å². The van der Waals surface area contributed by atoms with Gasteiger partial charge >= 0.3 is 0 Å². The Hall–Kier alpha value is -2.55. The number of para-hydroxylation sites is 1. The topological polar surface area (TPSA) is 38.3 Å². The maximum Gasteiger partial charge on any atom is 0.244 e. The quantitative estimate of drug-likeness (QED) is 0.789. The molecule has 1 N–H and O–H groups in total. The first kappa shape index (κ1) is 17.3. The average molecular weight is 335 g/mol. The Kier molecular flexibility index (Phi) is 5.22. The molecule has 0 saturated carbocycles. The highest BCUT2D eigenvalue weighted by molar-refractivity contribution is 5.92. The molecule has 0 fully saturated rings. The van der Waals surface area contributed by atoms with Gasteiger partial charge in [0.1, 0.15) is 11.4 Å². The molecule has 0 bridgehead atoms. The highest BCUT2D eigenvalue weighted by Crippen LogP contribution is 2.42. The summed E-state index contributed by atoms with van der Waals surface area (Å²) >= 11 is 0. The summed E-state index contributed by atoms with van der Waals surface area (Å²) in [5.41, 5.74) is 1.86. The van der Waals surface area contributed by atoms with E-state index in [-0.39, 0.29) is 17.6 Å². The minimum atomic E-state index is -0.213. The molecule has 0 aromatic heterocycles. The SMILES string of the molecule is CCC1(CC)C[C@@H](NC(=O)/C=C/c2ccccc2)c2ccccc2O1. The number of rotatable bonds is 5. The molecule has 25 heavy (non-hydrogen) atoms. The van der Waals surface area contributed by atoms with E-state index in [0.29, 0.717) is 0 Å². The van der Waals surface area contributed by atoms with Gasteiger partial charge in [-0.3, -0.25) is 4.79 Å². The second kappa shape index (κ2) is 7.56. The van der Waals surface area contributed by atoms with E-state index in [0.717, 1.165) is 36.1 Å². The zero-order valence-electron chi connectivity index (χ0n) is 14.9. The van der Waals surface area contributed by atoms with E-state index in [2.05, 4.69) is 19.2 Å². The van der Waals surface area contributed by atoms with Crippen molar-refractivity contribution < 1.29 is 9.53 Å². The molecule has 130 valence electrons. The Balaban J connectivity index is 1.78. The first-order valence-corrected chi connectivity index (χ1v) is 8.97. The molecule has 3 rings (SSSR count). The van der Waals surface area contributed by atoms with Crippen LogP contribution in [0.4, 0.5) is 0 Å². The summed E-state index contributed by atoms with van der Waals surface area (Å²) in [5, 5.41) is 3.16. The fourth-order valence-electron chi connectivity index (χ4n) is 3.39. The van der Waals surface area contributed by atoms with Crippen LogP contribution in [0.15, 0.2) is 60.7 Å². The summed E-state index contributed by atoms with van der Waals surface area (Å²) in [5.74, 6) is 0.807. The van der Waals surface area contributed by atoms with E-state index in [1.807, 2.05) is 60.7 Å². The fraction of sp³-hybridized carbons (Fsp3) is 0.318. The Morgan fingerprint density at radius 3 is 2.52 bits per heavy atom. The molecule has 3 nitrogen and oxygen atoms in total. The van der Waals surface area contributed by atoms with E-state index >= 15 is 0 Å². The monoisotopic (exact) mass is 335 g/mol. The second-order valence-electron chi connectivity index (χ2n) is 6.54. The molecule has 1 atom stereocenters. The Bertz CT molecular complexity index is 748. The van der Waals surface area contributed by atoms with Gasteiger partial charge in [-0.15, -0.1) is 0 Å². The lowest BCUT2D eigenvalue weighted by molar-refractivity contribution is -0.117. The summed E-state index contributed by atoms with van der Waals surface area (Å²) in [4.78, 5) is 12.4. The highest BCUT2D eigenvalue weighted by Gasteiger charge is 2.38. The van der Waals surface area contributed by atoms with Gasteiger partial charge in [-0.1, -0.05) is 62.4 Å². The third-order valence-electron chi connectivity index (χ3n) is 5.03. The van der Waals surface area contributed by atoms with Crippen LogP contribution in [0.2, 0.25) is 0 Å². The van der Waals surface area contributed by atoms with Crippen LogP contribution in [0.25, 0.3) is 6.08 Å². The lowest BCUT2D eigenvalue weighted by Gasteiger charge is -2.41. The number of ether oxygens (including phenoxy) is 1. The largest absolute Gasteiger partial charge is 0.487 e. The van der Waals surface area contributed by atoms with Gasteiger partial charge in [-0.25, -0.2) is 0 Å². The van der Waals surface area contributed by atoms with Crippen LogP contribution in [0, 0.1) is 0 Å². The van der Waals surface area contributed by atoms with E-state index < -0.39 is 0 Å². The maximum atomic E-state index is 12.4. The van der Waals surface area contributed by atoms with Crippen LogP contribution in [0.1, 0.15) is 50.3 Å². The van der Waals surface area contributed by atoms with Crippen molar-refractivity contribution in [3.63, 3.8) is 0 Å². The van der Waals surface area contributed by atoms with Gasteiger partial charge in [0.25, 0.3) is 0 Å². The zero-order chi connectivity index (χ0) is 17.7. The molecule has 0 unspecified atom stereocenters. The molecule has 1 aliphatic heterocycles. The van der Waals surface area contributed by atoms with E-state index in [1.165, 1.54) is 0 Å². The third-order valence-corrected chi connectivity index (χ3v) is 5.03. The van der Waals surface area contributed by atoms with Crippen LogP contribution in [-0.2, 0) is 4.79 Å². The molecule has 2 aromatic carbocycles. The van der Waals surface area contributed by atoms with Crippen molar-refractivity contribution in [2.24, 2.45) is 0 Å². The number of hydrogen-bond donors (Lipinski definition) is 1. The van der Waals surface area contributed by atoms with Crippen LogP contribution >= 0.6 is 0 Å². The second-order valence-corrected chi connectivity index (χ2v) is 6.54. The number of amides is 1. The molecule has 1 heterocycles. The summed E-state index contributed by atoms with van der Waals surface area (Å²) in [7, 11) is 0. The smallest absolute Gasteiger partial charge is 0.244 e. The minimum Gasteiger partial charge on any atom is -0.487 e. The van der Waals surface area contributed by atoms with Gasteiger partial charge in [0, 0.05) is 18.1 Å². The summed E-state index contributed by atoms with van der Waals surface area (Å²) < 4.78 is 6.29. The van der Waals surface area contributed by atoms with Gasteiger partial charge < -0.3 is 10.1 Å². The number of benzene rings is 2. The maximum absolute atomic E-state index is 12.4. The van der Waals surface area contributed by atoms with Crippen molar-refractivity contribution in [1.29, 1.82) is 0 Å². The number of nitrogens with one attached hydrogen (secondary N) is 1. The average Bonchev–Trinajstić information content (AvgIpc) is 2.67. The summed E-state index contributed by atoms with van der Waals surface area (Å²) in [6, 6.07) is 17.8. The molecule has 0 radical (unpaired) electrons. The predicted octanol–water partition coefficient (Wildman–Crippen LogP) is 4.90. The van der Waals surface area contributed by atoms with E-state index in [4.69, 9.17) is 4.74 Å². The van der Waals surface area contributed by atoms with Crippen LogP contribution in [-0.4, -0.2) is 11.5 Å². The molecule has 0 saturated heterocycles. The normalized spacial score (nSPS) is 18.4. The zero-order valence-corrected chi connectivity index (χ0v) is 14.9. The van der Waals surface area contributed by atoms with Crippen LogP contribution in [0.5, 0.6) is 5.75 Å². The first-order chi connectivity index (χ1) is 12.2. The fourth-order valence-corrected chi connectivity index (χ4v) is 3.39. The van der Waals surface area contributed by atoms with Gasteiger partial charge in [-0.2, -0.15) is 0 Å². The van der Waals surface area contributed by atoms with Crippen molar-refractivity contribution in [2.75, 3.05) is 0 Å². The van der Waals surface area contributed by atoms with Crippen molar-refractivity contribution >= 4 is 12.0 Å². The first-order valence-electron chi connectivity index (χ1n) is 8.97. The van der Waals surface area contributed by atoms with Gasteiger partial charge in [0.05, 0.1) is 6.04 Å². The van der Waals surface area contributed by atoms with Crippen LogP contribution in [0.3, 0.4) is 0 Å². The Morgan fingerprint density at radius 2 is 1.80 bits per heavy atom. The van der Waals surface area contributed by atoms with Crippen molar-refractivity contribution in [2.45, 2.75) is 44.8 Å². The van der Waals surface area contributed by atoms with Crippen molar-refractivity contribution in [3.8, 4) is 5.75 Å². The summed E-state index contributed by atoms with van der Waals surface area (Å²) in [6.45, 7) is 4.29. The minimum absolute atomic E-state index is 0.0298. The standard InChI is InChI=1S/C22H25NO2/c1-3-22(4-2)16-19(18-12-8-9-13-20(18)25-22)23-21(24)15-14-17-10-6-5-7-11-17/h5-15,19H,3-4,16H2,1-2H3,(H,23,24)/b15-14+/t19-/m1/s1. The van der Waals surface area contributed by atoms with E-state index in [1.54, 1.807) is 6.08 Å². The van der Waals surface area contributed by atoms with Crippen molar-refractivity contribution in [3.05, 3.63) is 71.8 Å². The lowest BCUT2D eigenvalue weighted by atomic mass is 9.83. The van der Waals surface area contributed by atoms with Crippen molar-refractivity contribution in [1.82, 2.24) is 5.32 Å². The van der Waals surface area contributed by atoms with Gasteiger partial charge in [0.2, 0.25) is 5.91 Å². The molecule has 0 spiro atoms. The van der Waals surface area contributed by atoms with E-state index in [9.17, 15) is 4.79 Å². The number of fused-ring (bicyclic) bond motifs is 1. The molecule has 2 aromatic rings. The van der Waals surface area contributed by atoms with Crippen LogP contribution < -0.4 is 10.1 Å². The Labute approximate surface area is 149 Å². The lowest BCUT2D eigenvalue weighted by Crippen LogP contribution is -2.44. The number of carbonyl (C=O) groups excluding carboxylic acids is 1. The Morgan fingerprint density at radius 1 is 1.12 bits per heavy atom. The molecule has 1 amide bonds. The summed E-state index contributed by atoms with van der Waals surface area (Å²) in [6.07, 6.45) is 6.08. The predicted molar refractivity (Wildman–Crippen MR) is 101 cm³/mol. The molecule has 0 aliphatic carbocycles. The highest BCUT2D eigenvalue weighted by atomic mass is 16.5. The molecular formula is C22H25NO2. The van der Waals surface area contributed by atoms with Gasteiger partial charge in [0.15, 0.2) is 0 Å². The third kappa shape index (κ3) is 3.93.